The van der Waals surface area contributed by atoms with E-state index in [4.69, 9.17) is 5.11 Å². The van der Waals surface area contributed by atoms with E-state index in [1.165, 1.54) is 18.9 Å². The number of anilines is 3. The molecule has 1 aliphatic heterocycles. The molecule has 3 aliphatic rings. The Labute approximate surface area is 221 Å². The Morgan fingerprint density at radius 1 is 1.16 bits per heavy atom. The van der Waals surface area contributed by atoms with Crippen molar-refractivity contribution in [2.75, 3.05) is 40.4 Å². The fraction of sp³-hybridized carbons (Fsp3) is 0.615. The second kappa shape index (κ2) is 9.78. The van der Waals surface area contributed by atoms with Gasteiger partial charge in [0.15, 0.2) is 5.82 Å². The number of nitrogens with one attached hydrogen (secondary N) is 2. The number of piperidine rings is 1. The number of alkyl halides is 2. The van der Waals surface area contributed by atoms with Crippen LogP contribution in [0, 0.1) is 25.2 Å². The van der Waals surface area contributed by atoms with E-state index in [0.29, 0.717) is 34.7 Å². The average Bonchev–Trinajstić information content (AvgIpc) is 3.53. The Morgan fingerprint density at radius 3 is 2.45 bits per heavy atom. The van der Waals surface area contributed by atoms with Crippen molar-refractivity contribution in [3.8, 4) is 0 Å². The Balaban J connectivity index is 1.37. The summed E-state index contributed by atoms with van der Waals surface area (Å²) in [6.07, 6.45) is 4.21. The van der Waals surface area contributed by atoms with E-state index in [1.54, 1.807) is 16.8 Å². The Kier molecular flexibility index (Phi) is 6.91. The van der Waals surface area contributed by atoms with E-state index < -0.39 is 28.3 Å². The van der Waals surface area contributed by atoms with Gasteiger partial charge in [0.1, 0.15) is 0 Å². The number of hydrogen-bond donors (Lipinski definition) is 3. The van der Waals surface area contributed by atoms with Crippen LogP contribution in [0.15, 0.2) is 18.2 Å². The fourth-order valence-corrected chi connectivity index (χ4v) is 6.39. The molecule has 1 spiro atoms. The Bertz CT molecular complexity index is 1320. The zero-order valence-corrected chi connectivity index (χ0v) is 22.6. The summed E-state index contributed by atoms with van der Waals surface area (Å²) in [5.74, 6) is -3.15. The first kappa shape index (κ1) is 26.9. The number of aromatic nitrogens is 2. The summed E-state index contributed by atoms with van der Waals surface area (Å²) in [5, 5.41) is 16.5. The van der Waals surface area contributed by atoms with Gasteiger partial charge in [-0.15, -0.1) is 0 Å². The van der Waals surface area contributed by atoms with E-state index >= 15 is 0 Å². The van der Waals surface area contributed by atoms with Crippen LogP contribution in [0.5, 0.6) is 0 Å². The quantitative estimate of drug-likeness (QED) is 0.435. The van der Waals surface area contributed by atoms with Crippen LogP contribution < -0.4 is 14.9 Å². The third kappa shape index (κ3) is 5.66. The van der Waals surface area contributed by atoms with Crippen LogP contribution in [0.2, 0.25) is 0 Å². The molecule has 9 nitrogen and oxygen atoms in total. The smallest absolute Gasteiger partial charge is 0.258 e. The van der Waals surface area contributed by atoms with Crippen LogP contribution in [-0.4, -0.2) is 60.6 Å². The molecule has 1 saturated heterocycles. The van der Waals surface area contributed by atoms with E-state index in [9.17, 15) is 22.0 Å². The zero-order chi connectivity index (χ0) is 27.3. The monoisotopic (exact) mass is 551 g/mol. The molecule has 0 bridgehead atoms. The predicted octanol–water partition coefficient (Wildman–Crippen LogP) is 3.91. The molecule has 5 rings (SSSR count). The maximum atomic E-state index is 13.5. The van der Waals surface area contributed by atoms with E-state index in [-0.39, 0.29) is 24.7 Å². The van der Waals surface area contributed by atoms with Gasteiger partial charge in [-0.3, -0.25) is 14.2 Å². The number of aliphatic hydroxyl groups is 1. The van der Waals surface area contributed by atoms with Crippen LogP contribution in [-0.2, 0) is 16.6 Å². The lowest BCUT2D eigenvalue weighted by atomic mass is 9.81. The number of hydrogen-bond acceptors (Lipinski definition) is 6. The molecule has 3 N–H and O–H groups in total. The summed E-state index contributed by atoms with van der Waals surface area (Å²) in [6.45, 7) is 5.11. The maximum absolute atomic E-state index is 13.5. The van der Waals surface area contributed by atoms with Crippen molar-refractivity contribution in [1.82, 2.24) is 9.78 Å². The highest BCUT2D eigenvalue weighted by Gasteiger charge is 2.46. The van der Waals surface area contributed by atoms with Gasteiger partial charge in [-0.1, -0.05) is 0 Å². The third-order valence-corrected chi connectivity index (χ3v) is 9.61. The summed E-state index contributed by atoms with van der Waals surface area (Å²) < 4.78 is 55.2. The molecule has 0 unspecified atom stereocenters. The van der Waals surface area contributed by atoms with Gasteiger partial charge in [0, 0.05) is 43.7 Å². The number of rotatable bonds is 9. The minimum Gasteiger partial charge on any atom is -0.395 e. The minimum atomic E-state index is -3.72. The first-order valence-corrected chi connectivity index (χ1v) is 14.8. The normalized spacial score (nSPS) is 20.3. The SMILES string of the molecule is Cc1c(NC(=O)c2ccc(NS(=O)(=O)CCO)cc2N2CCC3(CC2)CC3)nn(CC2CC(F)(F)C2)c1C. The topological polar surface area (TPSA) is 117 Å². The van der Waals surface area contributed by atoms with Gasteiger partial charge in [-0.2, -0.15) is 5.10 Å². The number of halogens is 2. The average molecular weight is 552 g/mol. The van der Waals surface area contributed by atoms with Crippen LogP contribution >= 0.6 is 0 Å². The molecule has 2 heterocycles. The van der Waals surface area contributed by atoms with Crippen molar-refractivity contribution < 1.29 is 27.1 Å². The zero-order valence-electron chi connectivity index (χ0n) is 21.8. The fourth-order valence-electron chi connectivity index (χ4n) is 5.56. The van der Waals surface area contributed by atoms with Gasteiger partial charge in [0.2, 0.25) is 15.9 Å². The summed E-state index contributed by atoms with van der Waals surface area (Å²) in [5.41, 5.74) is 3.36. The first-order valence-electron chi connectivity index (χ1n) is 13.1. The molecule has 2 aromatic rings. The maximum Gasteiger partial charge on any atom is 0.258 e. The summed E-state index contributed by atoms with van der Waals surface area (Å²) >= 11 is 0. The number of amides is 1. The van der Waals surface area contributed by atoms with E-state index in [0.717, 1.165) is 37.2 Å². The van der Waals surface area contributed by atoms with Crippen LogP contribution in [0.4, 0.5) is 26.0 Å². The van der Waals surface area contributed by atoms with Crippen molar-refractivity contribution in [1.29, 1.82) is 0 Å². The third-order valence-electron chi connectivity index (χ3n) is 8.34. The molecule has 208 valence electrons. The summed E-state index contributed by atoms with van der Waals surface area (Å²) in [7, 11) is -3.72. The second-order valence-corrected chi connectivity index (χ2v) is 13.0. The number of carbonyl (C=O) groups is 1. The van der Waals surface area contributed by atoms with Crippen molar-refractivity contribution >= 4 is 33.1 Å². The number of nitrogens with zero attached hydrogens (tertiary/aromatic N) is 3. The summed E-state index contributed by atoms with van der Waals surface area (Å²) in [6, 6.07) is 4.80. The van der Waals surface area contributed by atoms with E-state index in [1.807, 2.05) is 13.8 Å². The molecule has 1 amide bonds. The molecule has 12 heteroatoms. The molecule has 2 aliphatic carbocycles. The molecule has 2 saturated carbocycles. The molecular weight excluding hydrogens is 516 g/mol. The van der Waals surface area contributed by atoms with Crippen molar-refractivity contribution in [2.45, 2.75) is 64.8 Å². The summed E-state index contributed by atoms with van der Waals surface area (Å²) in [4.78, 5) is 15.6. The van der Waals surface area contributed by atoms with Gasteiger partial charge in [0.05, 0.1) is 29.3 Å². The lowest BCUT2D eigenvalue weighted by Crippen LogP contribution is -2.38. The van der Waals surface area contributed by atoms with Crippen molar-refractivity contribution in [3.63, 3.8) is 0 Å². The Morgan fingerprint density at radius 2 is 1.84 bits per heavy atom. The van der Waals surface area contributed by atoms with Gasteiger partial charge in [-0.25, -0.2) is 17.2 Å². The molecule has 1 aromatic heterocycles. The highest BCUT2D eigenvalue weighted by molar-refractivity contribution is 7.92. The number of benzene rings is 1. The second-order valence-electron chi connectivity index (χ2n) is 11.2. The van der Waals surface area contributed by atoms with Gasteiger partial charge in [-0.05, 0) is 69.1 Å². The largest absolute Gasteiger partial charge is 0.395 e. The molecule has 38 heavy (non-hydrogen) atoms. The molecular formula is C26H35F2N5O4S. The lowest BCUT2D eigenvalue weighted by molar-refractivity contribution is -0.114. The van der Waals surface area contributed by atoms with Gasteiger partial charge < -0.3 is 15.3 Å². The Hall–Kier alpha value is -2.73. The van der Waals surface area contributed by atoms with Crippen LogP contribution in [0.3, 0.4) is 0 Å². The van der Waals surface area contributed by atoms with Crippen LogP contribution in [0.25, 0.3) is 0 Å². The van der Waals surface area contributed by atoms with Crippen LogP contribution in [0.1, 0.15) is 60.1 Å². The minimum absolute atomic E-state index is 0.144. The van der Waals surface area contributed by atoms with Gasteiger partial charge in [0.25, 0.3) is 5.91 Å². The standard InChI is InChI=1S/C26H35F2N5O4S/c1-17-18(2)33(16-19-14-26(27,28)15-19)30-23(17)29-24(35)21-4-3-20(31-38(36,37)12-11-34)13-22(21)32-9-7-25(5-6-25)8-10-32/h3-4,13,19,31,34H,5-12,14-16H2,1-2H3,(H,29,30,35). The number of sulfonamides is 1. The van der Waals surface area contributed by atoms with Crippen molar-refractivity contribution in [3.05, 3.63) is 35.0 Å². The first-order chi connectivity index (χ1) is 17.9. The molecule has 3 fully saturated rings. The molecule has 0 atom stereocenters. The molecule has 0 radical (unpaired) electrons. The lowest BCUT2D eigenvalue weighted by Gasteiger charge is -2.35. The van der Waals surface area contributed by atoms with E-state index in [2.05, 4.69) is 20.0 Å². The predicted molar refractivity (Wildman–Crippen MR) is 141 cm³/mol. The van der Waals surface area contributed by atoms with Crippen molar-refractivity contribution in [2.24, 2.45) is 11.3 Å². The molecule has 1 aromatic carbocycles. The number of aliphatic hydroxyl groups excluding tert-OH is 1. The highest BCUT2D eigenvalue weighted by atomic mass is 32.2. The highest BCUT2D eigenvalue weighted by Crippen LogP contribution is 2.54. The number of carbonyl (C=O) groups excluding carboxylic acids is 1. The van der Waals surface area contributed by atoms with Gasteiger partial charge >= 0.3 is 0 Å².